The van der Waals surface area contributed by atoms with Gasteiger partial charge in [0.1, 0.15) is 12.1 Å². The number of rotatable bonds is 4. The van der Waals surface area contributed by atoms with E-state index < -0.39 is 5.97 Å². The summed E-state index contributed by atoms with van der Waals surface area (Å²) in [6.07, 6.45) is 1.79. The highest BCUT2D eigenvalue weighted by atomic mass is 16.4. The molecule has 0 radical (unpaired) electrons. The normalized spacial score (nSPS) is 11.8. The number of aromatic nitrogens is 2. The Labute approximate surface area is 116 Å². The van der Waals surface area contributed by atoms with Crippen molar-refractivity contribution >= 4 is 22.7 Å². The van der Waals surface area contributed by atoms with Gasteiger partial charge in [0.05, 0.1) is 23.6 Å². The minimum atomic E-state index is -0.988. The van der Waals surface area contributed by atoms with Gasteiger partial charge in [-0.3, -0.25) is 0 Å². The molecule has 0 aliphatic carbocycles. The molecule has 0 fully saturated rings. The average molecular weight is 270 g/mol. The van der Waals surface area contributed by atoms with Crippen LogP contribution in [-0.2, 0) is 0 Å². The van der Waals surface area contributed by atoms with Crippen LogP contribution in [0.1, 0.15) is 23.7 Å². The molecule has 2 rings (SSSR count). The van der Waals surface area contributed by atoms with E-state index in [2.05, 4.69) is 16.0 Å². The van der Waals surface area contributed by atoms with Crippen molar-refractivity contribution in [2.24, 2.45) is 0 Å². The summed E-state index contributed by atoms with van der Waals surface area (Å²) in [5, 5.41) is 18.5. The minimum Gasteiger partial charge on any atom is -0.478 e. The van der Waals surface area contributed by atoms with Crippen LogP contribution in [0.5, 0.6) is 0 Å². The third-order valence-electron chi connectivity index (χ3n) is 3.24. The number of anilines is 1. The van der Waals surface area contributed by atoms with E-state index in [1.807, 2.05) is 18.9 Å². The summed E-state index contributed by atoms with van der Waals surface area (Å²) in [7, 11) is 1.86. The van der Waals surface area contributed by atoms with E-state index in [-0.39, 0.29) is 11.6 Å². The van der Waals surface area contributed by atoms with Crippen LogP contribution in [0.2, 0.25) is 0 Å². The van der Waals surface area contributed by atoms with Crippen LogP contribution in [0, 0.1) is 11.3 Å². The number of nitriles is 1. The van der Waals surface area contributed by atoms with Crippen molar-refractivity contribution in [1.29, 1.82) is 5.26 Å². The maximum Gasteiger partial charge on any atom is 0.335 e. The van der Waals surface area contributed by atoms with Crippen molar-refractivity contribution in [3.05, 3.63) is 30.1 Å². The van der Waals surface area contributed by atoms with E-state index in [0.717, 1.165) is 5.39 Å². The zero-order valence-corrected chi connectivity index (χ0v) is 11.2. The van der Waals surface area contributed by atoms with Crippen molar-refractivity contribution in [2.45, 2.75) is 19.4 Å². The summed E-state index contributed by atoms with van der Waals surface area (Å²) in [5.41, 5.74) is 0.765. The van der Waals surface area contributed by atoms with Gasteiger partial charge in [0.15, 0.2) is 0 Å². The van der Waals surface area contributed by atoms with Gasteiger partial charge in [0.25, 0.3) is 0 Å². The monoisotopic (exact) mass is 270 g/mol. The Balaban J connectivity index is 2.50. The summed E-state index contributed by atoms with van der Waals surface area (Å²) >= 11 is 0. The van der Waals surface area contributed by atoms with E-state index in [1.54, 1.807) is 6.07 Å². The maximum atomic E-state index is 11.0. The Morgan fingerprint density at radius 2 is 2.25 bits per heavy atom. The molecule has 1 atom stereocenters. The number of benzene rings is 1. The van der Waals surface area contributed by atoms with Crippen LogP contribution in [0.25, 0.3) is 10.9 Å². The molecule has 2 aromatic rings. The maximum absolute atomic E-state index is 11.0. The van der Waals surface area contributed by atoms with E-state index in [0.29, 0.717) is 17.8 Å². The smallest absolute Gasteiger partial charge is 0.335 e. The first kappa shape index (κ1) is 13.7. The summed E-state index contributed by atoms with van der Waals surface area (Å²) in [4.78, 5) is 21.2. The molecule has 6 heteroatoms. The lowest BCUT2D eigenvalue weighted by atomic mass is 10.1. The molecule has 0 aliphatic heterocycles. The second kappa shape index (κ2) is 5.53. The molecule has 0 saturated heterocycles. The number of hydrogen-bond donors (Lipinski definition) is 1. The molecule has 0 aliphatic rings. The van der Waals surface area contributed by atoms with Crippen molar-refractivity contribution < 1.29 is 9.90 Å². The second-order valence-corrected chi connectivity index (χ2v) is 4.56. The molecule has 1 heterocycles. The molecule has 0 saturated carbocycles. The number of fused-ring (bicyclic) bond motifs is 1. The van der Waals surface area contributed by atoms with Crippen LogP contribution >= 0.6 is 0 Å². The van der Waals surface area contributed by atoms with E-state index in [1.165, 1.54) is 18.5 Å². The molecular formula is C14H14N4O2. The number of hydrogen-bond acceptors (Lipinski definition) is 5. The molecule has 1 aromatic heterocycles. The Morgan fingerprint density at radius 1 is 1.50 bits per heavy atom. The first-order valence-corrected chi connectivity index (χ1v) is 6.12. The molecule has 102 valence electrons. The number of carbonyl (C=O) groups is 1. The van der Waals surface area contributed by atoms with Crippen LogP contribution < -0.4 is 4.90 Å². The molecule has 1 unspecified atom stereocenters. The van der Waals surface area contributed by atoms with Crippen molar-refractivity contribution in [3.8, 4) is 6.07 Å². The van der Waals surface area contributed by atoms with E-state index in [4.69, 9.17) is 10.4 Å². The highest BCUT2D eigenvalue weighted by Crippen LogP contribution is 2.24. The largest absolute Gasteiger partial charge is 0.478 e. The molecule has 0 amide bonds. The average Bonchev–Trinajstić information content (AvgIpc) is 2.45. The van der Waals surface area contributed by atoms with Crippen LogP contribution in [0.4, 0.5) is 5.82 Å². The van der Waals surface area contributed by atoms with Gasteiger partial charge in [0.2, 0.25) is 0 Å². The summed E-state index contributed by atoms with van der Waals surface area (Å²) in [5.74, 6) is -0.298. The number of carboxylic acid groups (broad SMARTS) is 1. The highest BCUT2D eigenvalue weighted by molar-refractivity contribution is 5.96. The fourth-order valence-corrected chi connectivity index (χ4v) is 1.93. The fourth-order valence-electron chi connectivity index (χ4n) is 1.93. The predicted molar refractivity (Wildman–Crippen MR) is 74.6 cm³/mol. The molecule has 0 spiro atoms. The third-order valence-corrected chi connectivity index (χ3v) is 3.24. The molecule has 0 bridgehead atoms. The van der Waals surface area contributed by atoms with Gasteiger partial charge in [-0.1, -0.05) is 0 Å². The highest BCUT2D eigenvalue weighted by Gasteiger charge is 2.15. The van der Waals surface area contributed by atoms with E-state index >= 15 is 0 Å². The SMILES string of the molecule is CC(CC#N)N(C)c1ncnc2cc(C(=O)O)ccc12. The van der Waals surface area contributed by atoms with Crippen molar-refractivity contribution in [1.82, 2.24) is 9.97 Å². The van der Waals surface area contributed by atoms with Crippen LogP contribution in [0.15, 0.2) is 24.5 Å². The Kier molecular flexibility index (Phi) is 3.80. The molecule has 1 aromatic carbocycles. The third kappa shape index (κ3) is 2.52. The van der Waals surface area contributed by atoms with Crippen LogP contribution in [-0.4, -0.2) is 34.1 Å². The lowest BCUT2D eigenvalue weighted by Crippen LogP contribution is -2.29. The molecule has 20 heavy (non-hydrogen) atoms. The summed E-state index contributed by atoms with van der Waals surface area (Å²) in [6.45, 7) is 1.93. The molecule has 1 N–H and O–H groups in total. The summed E-state index contributed by atoms with van der Waals surface area (Å²) < 4.78 is 0. The fraction of sp³-hybridized carbons (Fsp3) is 0.286. The second-order valence-electron chi connectivity index (χ2n) is 4.56. The van der Waals surface area contributed by atoms with E-state index in [9.17, 15) is 4.79 Å². The first-order chi connectivity index (χ1) is 9.54. The standard InChI is InChI=1S/C14H14N4O2/c1-9(5-6-15)18(2)13-11-4-3-10(14(19)20)7-12(11)16-8-17-13/h3-4,7-9H,5H2,1-2H3,(H,19,20). The lowest BCUT2D eigenvalue weighted by Gasteiger charge is -2.24. The van der Waals surface area contributed by atoms with Crippen molar-refractivity contribution in [3.63, 3.8) is 0 Å². The summed E-state index contributed by atoms with van der Waals surface area (Å²) in [6, 6.07) is 6.88. The topological polar surface area (TPSA) is 90.1 Å². The van der Waals surface area contributed by atoms with Gasteiger partial charge in [-0.15, -0.1) is 0 Å². The quantitative estimate of drug-likeness (QED) is 0.914. The number of carboxylic acids is 1. The molecular weight excluding hydrogens is 256 g/mol. The van der Waals surface area contributed by atoms with Crippen LogP contribution in [0.3, 0.4) is 0 Å². The number of nitrogens with zero attached hydrogens (tertiary/aromatic N) is 4. The van der Waals surface area contributed by atoms with Gasteiger partial charge >= 0.3 is 5.97 Å². The predicted octanol–water partition coefficient (Wildman–Crippen LogP) is 2.07. The minimum absolute atomic E-state index is 0.0113. The van der Waals surface area contributed by atoms with Gasteiger partial charge in [0, 0.05) is 18.5 Å². The van der Waals surface area contributed by atoms with Crippen molar-refractivity contribution in [2.75, 3.05) is 11.9 Å². The Bertz CT molecular complexity index is 693. The zero-order valence-electron chi connectivity index (χ0n) is 11.2. The number of aromatic carboxylic acids is 1. The van der Waals surface area contributed by atoms with Gasteiger partial charge < -0.3 is 10.0 Å². The zero-order chi connectivity index (χ0) is 14.7. The molecule has 6 nitrogen and oxygen atoms in total. The lowest BCUT2D eigenvalue weighted by molar-refractivity contribution is 0.0697. The van der Waals surface area contributed by atoms with Gasteiger partial charge in [-0.2, -0.15) is 5.26 Å². The first-order valence-electron chi connectivity index (χ1n) is 6.12. The Morgan fingerprint density at radius 3 is 2.90 bits per heavy atom. The Hall–Kier alpha value is -2.68. The van der Waals surface area contributed by atoms with Gasteiger partial charge in [-0.05, 0) is 25.1 Å². The van der Waals surface area contributed by atoms with Gasteiger partial charge in [-0.25, -0.2) is 14.8 Å².